The van der Waals surface area contributed by atoms with Gasteiger partial charge in [-0.2, -0.15) is 48.3 Å². The number of nitrogens with one attached hydrogen (secondary N) is 1. The molecule has 0 aromatic heterocycles. The highest BCUT2D eigenvalue weighted by Crippen LogP contribution is 2.59. The van der Waals surface area contributed by atoms with Crippen molar-refractivity contribution in [1.82, 2.24) is 0 Å². The molecule has 1 unspecified atom stereocenters. The van der Waals surface area contributed by atoms with Crippen LogP contribution in [0.4, 0.5) is 58.4 Å². The van der Waals surface area contributed by atoms with Crippen LogP contribution in [0.3, 0.4) is 0 Å². The maximum atomic E-state index is 14.3. The summed E-state index contributed by atoms with van der Waals surface area (Å²) in [5.74, 6) is -7.12. The molecule has 14 heteroatoms. The summed E-state index contributed by atoms with van der Waals surface area (Å²) in [7, 11) is 0. The van der Waals surface area contributed by atoms with Gasteiger partial charge in [0.25, 0.3) is 0 Å². The molecule has 27 heavy (non-hydrogen) atoms. The van der Waals surface area contributed by atoms with E-state index in [-0.39, 0.29) is 12.5 Å². The average Bonchev–Trinajstić information content (AvgIpc) is 2.44. The van der Waals surface area contributed by atoms with Crippen LogP contribution in [0.5, 0.6) is 0 Å². The zero-order valence-corrected chi connectivity index (χ0v) is 12.7. The van der Waals surface area contributed by atoms with E-state index in [1.807, 2.05) is 0 Å². The molecule has 0 heterocycles. The van der Waals surface area contributed by atoms with Crippen LogP contribution in [0, 0.1) is 6.92 Å². The number of benzene rings is 1. The molecule has 0 spiro atoms. The minimum Gasteiger partial charge on any atom is -0.328 e. The summed E-state index contributed by atoms with van der Waals surface area (Å²) >= 11 is 0. The van der Waals surface area contributed by atoms with Gasteiger partial charge in [-0.05, 0) is 18.6 Å². The summed E-state index contributed by atoms with van der Waals surface area (Å²) in [5.41, 5.74) is -13.7. The first-order valence-electron chi connectivity index (χ1n) is 6.45. The van der Waals surface area contributed by atoms with Crippen LogP contribution in [0.1, 0.15) is 16.7 Å². The summed E-state index contributed by atoms with van der Waals surface area (Å²) in [6, 6.07) is -1.14. The molecule has 0 bridgehead atoms. The Balaban J connectivity index is 3.98. The van der Waals surface area contributed by atoms with Crippen LogP contribution in [0.15, 0.2) is 12.1 Å². The maximum Gasteiger partial charge on any atom is 0.457 e. The molecule has 0 aliphatic heterocycles. The maximum absolute atomic E-state index is 14.3. The van der Waals surface area contributed by atoms with Gasteiger partial charge in [-0.25, -0.2) is 4.39 Å². The molecule has 1 rings (SSSR count). The normalized spacial score (nSPS) is 16.0. The molecule has 2 nitrogen and oxygen atoms in total. The van der Waals surface area contributed by atoms with Crippen molar-refractivity contribution in [2.24, 2.45) is 0 Å². The van der Waals surface area contributed by atoms with Crippen molar-refractivity contribution >= 4 is 12.1 Å². The molecule has 154 valence electrons. The monoisotopic (exact) mass is 421 g/mol. The molecule has 0 radical (unpaired) electrons. The SMILES string of the molecule is Cc1cc(C(F)(C(F)(F)F)C(F)(F)C(F)(F)F)cc(C(F)(F)F)c1NC=O. The van der Waals surface area contributed by atoms with Crippen LogP contribution in [-0.4, -0.2) is 24.7 Å². The summed E-state index contributed by atoms with van der Waals surface area (Å²) in [4.78, 5) is 10.3. The number of alkyl halides is 12. The number of aryl methyl sites for hydroxylation is 1. The molecule has 0 saturated carbocycles. The first-order chi connectivity index (χ1) is 11.8. The second-order valence-corrected chi connectivity index (χ2v) is 5.20. The molecular weight excluding hydrogens is 414 g/mol. The Morgan fingerprint density at radius 1 is 0.815 bits per heavy atom. The van der Waals surface area contributed by atoms with Crippen LogP contribution in [0.2, 0.25) is 0 Å². The second-order valence-electron chi connectivity index (χ2n) is 5.20. The highest BCUT2D eigenvalue weighted by atomic mass is 19.4. The number of rotatable bonds is 4. The Hall–Kier alpha value is -2.15. The summed E-state index contributed by atoms with van der Waals surface area (Å²) in [6.07, 6.45) is -20.0. The Morgan fingerprint density at radius 3 is 1.63 bits per heavy atom. The Labute approximate surface area is 142 Å². The summed E-state index contributed by atoms with van der Waals surface area (Å²) in [6.45, 7) is 0.549. The molecule has 1 aromatic rings. The molecule has 0 saturated heterocycles. The first-order valence-corrected chi connectivity index (χ1v) is 6.45. The van der Waals surface area contributed by atoms with Crippen LogP contribution < -0.4 is 5.32 Å². The molecule has 1 aromatic carbocycles. The quantitative estimate of drug-likeness (QED) is 0.505. The van der Waals surface area contributed by atoms with E-state index in [1.54, 1.807) is 0 Å². The van der Waals surface area contributed by atoms with Gasteiger partial charge in [0.05, 0.1) is 11.3 Å². The van der Waals surface area contributed by atoms with Gasteiger partial charge in [-0.3, -0.25) is 4.79 Å². The Kier molecular flexibility index (Phi) is 5.49. The van der Waals surface area contributed by atoms with E-state index in [4.69, 9.17) is 0 Å². The van der Waals surface area contributed by atoms with E-state index in [9.17, 15) is 57.5 Å². The van der Waals surface area contributed by atoms with Gasteiger partial charge in [-0.1, -0.05) is 6.07 Å². The van der Waals surface area contributed by atoms with Crippen molar-refractivity contribution in [2.45, 2.75) is 37.0 Å². The van der Waals surface area contributed by atoms with E-state index in [1.165, 1.54) is 5.32 Å². The predicted molar refractivity (Wildman–Crippen MR) is 65.7 cm³/mol. The summed E-state index contributed by atoms with van der Waals surface area (Å²) < 4.78 is 156. The second kappa shape index (κ2) is 6.48. The van der Waals surface area contributed by atoms with Crippen LogP contribution >= 0.6 is 0 Å². The zero-order valence-electron chi connectivity index (χ0n) is 12.7. The molecule has 0 aliphatic rings. The van der Waals surface area contributed by atoms with Gasteiger partial charge in [0.2, 0.25) is 6.41 Å². The smallest absolute Gasteiger partial charge is 0.328 e. The third-order valence-corrected chi connectivity index (χ3v) is 3.42. The molecule has 0 fully saturated rings. The lowest BCUT2D eigenvalue weighted by molar-refractivity contribution is -0.389. The third kappa shape index (κ3) is 3.65. The van der Waals surface area contributed by atoms with E-state index in [0.717, 1.165) is 0 Å². The van der Waals surface area contributed by atoms with Gasteiger partial charge in [-0.15, -0.1) is 0 Å². The predicted octanol–water partition coefficient (Wildman–Crippen LogP) is 5.51. The molecule has 1 N–H and O–H groups in total. The van der Waals surface area contributed by atoms with E-state index >= 15 is 0 Å². The fraction of sp³-hybridized carbons (Fsp3) is 0.462. The van der Waals surface area contributed by atoms with Gasteiger partial charge < -0.3 is 5.32 Å². The Morgan fingerprint density at radius 2 is 1.30 bits per heavy atom. The van der Waals surface area contributed by atoms with E-state index in [0.29, 0.717) is 6.92 Å². The van der Waals surface area contributed by atoms with Crippen molar-refractivity contribution in [3.63, 3.8) is 0 Å². The number of halogens is 12. The fourth-order valence-electron chi connectivity index (χ4n) is 2.18. The summed E-state index contributed by atoms with van der Waals surface area (Å²) in [5, 5.41) is 1.42. The van der Waals surface area contributed by atoms with Crippen molar-refractivity contribution in [3.8, 4) is 0 Å². The van der Waals surface area contributed by atoms with Gasteiger partial charge in [0, 0.05) is 5.56 Å². The molecule has 1 amide bonds. The highest BCUT2D eigenvalue weighted by Gasteiger charge is 2.81. The number of hydrogen-bond acceptors (Lipinski definition) is 1. The van der Waals surface area contributed by atoms with Gasteiger partial charge >= 0.3 is 30.1 Å². The number of hydrogen-bond donors (Lipinski definition) is 1. The van der Waals surface area contributed by atoms with E-state index < -0.39 is 58.6 Å². The van der Waals surface area contributed by atoms with E-state index in [2.05, 4.69) is 0 Å². The highest BCUT2D eigenvalue weighted by molar-refractivity contribution is 5.76. The number of amides is 1. The lowest BCUT2D eigenvalue weighted by Gasteiger charge is -2.36. The zero-order chi connectivity index (χ0) is 21.6. The van der Waals surface area contributed by atoms with Crippen LogP contribution in [-0.2, 0) is 16.6 Å². The fourth-order valence-corrected chi connectivity index (χ4v) is 2.18. The van der Waals surface area contributed by atoms with Crippen molar-refractivity contribution in [2.75, 3.05) is 5.32 Å². The number of carbonyl (C=O) groups is 1. The first kappa shape index (κ1) is 22.9. The third-order valence-electron chi connectivity index (χ3n) is 3.42. The average molecular weight is 421 g/mol. The van der Waals surface area contributed by atoms with Crippen molar-refractivity contribution < 1.29 is 57.5 Å². The number of anilines is 1. The minimum absolute atomic E-state index is 0.284. The van der Waals surface area contributed by atoms with Crippen molar-refractivity contribution in [1.29, 1.82) is 0 Å². The Bertz CT molecular complexity index is 718. The molecule has 1 atom stereocenters. The lowest BCUT2D eigenvalue weighted by atomic mass is 9.85. The van der Waals surface area contributed by atoms with Gasteiger partial charge in [0.1, 0.15) is 0 Å². The lowest BCUT2D eigenvalue weighted by Crippen LogP contribution is -2.59. The molecular formula is C13H7F12NO. The topological polar surface area (TPSA) is 29.1 Å². The standard InChI is InChI=1S/C13H7F12NO/c1-5-2-6(3-7(10(15,16)17)8(5)26-4-27)9(14,12(20,21)22)11(18,19)13(23,24)25/h2-4H,1H3,(H,26,27). The van der Waals surface area contributed by atoms with Crippen LogP contribution in [0.25, 0.3) is 0 Å². The minimum atomic E-state index is -7.12. The number of carbonyl (C=O) groups excluding carboxylic acids is 1. The largest absolute Gasteiger partial charge is 0.457 e. The molecule has 0 aliphatic carbocycles. The van der Waals surface area contributed by atoms with Gasteiger partial charge in [0.15, 0.2) is 0 Å². The van der Waals surface area contributed by atoms with Crippen molar-refractivity contribution in [3.05, 3.63) is 28.8 Å².